The van der Waals surface area contributed by atoms with E-state index in [0.717, 1.165) is 0 Å². The molecule has 0 saturated heterocycles. The van der Waals surface area contributed by atoms with E-state index in [1.165, 1.54) is 18.5 Å². The molecule has 0 saturated carbocycles. The Morgan fingerprint density at radius 1 is 1.53 bits per heavy atom. The van der Waals surface area contributed by atoms with E-state index >= 15 is 0 Å². The van der Waals surface area contributed by atoms with Gasteiger partial charge in [-0.1, -0.05) is 0 Å². The van der Waals surface area contributed by atoms with E-state index in [9.17, 15) is 9.59 Å². The summed E-state index contributed by atoms with van der Waals surface area (Å²) in [6.45, 7) is 2.68. The highest BCUT2D eigenvalue weighted by Crippen LogP contribution is 2.17. The molecular weight excluding hydrogens is 198 g/mol. The number of rotatable bonds is 3. The number of hydrogen-bond acceptors (Lipinski definition) is 3. The molecule has 1 rings (SSSR count). The lowest BCUT2D eigenvalue weighted by atomic mass is 9.93. The number of carbonyl (C=O) groups is 2. The number of nitrogens with zero attached hydrogens (tertiary/aromatic N) is 2. The summed E-state index contributed by atoms with van der Waals surface area (Å²) in [5, 5.41) is 15.2. The lowest BCUT2D eigenvalue weighted by Crippen LogP contribution is -2.37. The number of nitrogens with one attached hydrogen (secondary N) is 1. The maximum Gasteiger partial charge on any atom is 0.318 e. The molecule has 0 aliphatic heterocycles. The van der Waals surface area contributed by atoms with Crippen molar-refractivity contribution >= 4 is 17.7 Å². The molecule has 0 aromatic carbocycles. The first kappa shape index (κ1) is 11.2. The van der Waals surface area contributed by atoms with Gasteiger partial charge in [0.25, 0.3) is 0 Å². The number of carboxylic acids is 1. The molecule has 6 nitrogen and oxygen atoms in total. The molecule has 0 spiro atoms. The first-order valence-corrected chi connectivity index (χ1v) is 4.38. The minimum Gasteiger partial charge on any atom is -0.480 e. The standard InChI is InChI=1S/C9H13N3O3/c1-9(2,8(14)15)7(13)10-6-4-5-12(3)11-6/h4-5H,1-3H3,(H,14,15)(H,10,11,13). The van der Waals surface area contributed by atoms with Crippen molar-refractivity contribution < 1.29 is 14.7 Å². The average molecular weight is 211 g/mol. The second kappa shape index (κ2) is 3.72. The Labute approximate surface area is 86.9 Å². The molecule has 1 aromatic heterocycles. The van der Waals surface area contributed by atoms with Gasteiger partial charge in [-0.25, -0.2) is 0 Å². The van der Waals surface area contributed by atoms with E-state index in [4.69, 9.17) is 5.11 Å². The fourth-order valence-electron chi connectivity index (χ4n) is 0.851. The molecule has 15 heavy (non-hydrogen) atoms. The fourth-order valence-corrected chi connectivity index (χ4v) is 0.851. The van der Waals surface area contributed by atoms with Crippen LogP contribution >= 0.6 is 0 Å². The first-order chi connectivity index (χ1) is 6.84. The van der Waals surface area contributed by atoms with Crippen molar-refractivity contribution in [1.82, 2.24) is 9.78 Å². The van der Waals surface area contributed by atoms with Gasteiger partial charge in [-0.15, -0.1) is 0 Å². The summed E-state index contributed by atoms with van der Waals surface area (Å²) >= 11 is 0. The molecular formula is C9H13N3O3. The lowest BCUT2D eigenvalue weighted by Gasteiger charge is -2.17. The summed E-state index contributed by atoms with van der Waals surface area (Å²) in [5.74, 6) is -1.42. The van der Waals surface area contributed by atoms with Gasteiger partial charge < -0.3 is 10.4 Å². The zero-order chi connectivity index (χ0) is 11.6. The molecule has 82 valence electrons. The third-order valence-electron chi connectivity index (χ3n) is 2.06. The monoisotopic (exact) mass is 211 g/mol. The van der Waals surface area contributed by atoms with Crippen molar-refractivity contribution in [3.63, 3.8) is 0 Å². The number of carboxylic acid groups (broad SMARTS) is 1. The fraction of sp³-hybridized carbons (Fsp3) is 0.444. The Morgan fingerprint density at radius 2 is 2.13 bits per heavy atom. The van der Waals surface area contributed by atoms with Crippen LogP contribution in [-0.2, 0) is 16.6 Å². The Balaban J connectivity index is 2.76. The molecule has 1 amide bonds. The van der Waals surface area contributed by atoms with Gasteiger partial charge in [-0.05, 0) is 13.8 Å². The van der Waals surface area contributed by atoms with E-state index in [0.29, 0.717) is 5.82 Å². The maximum atomic E-state index is 11.5. The number of aliphatic carboxylic acids is 1. The van der Waals surface area contributed by atoms with Crippen LogP contribution in [0.3, 0.4) is 0 Å². The predicted molar refractivity (Wildman–Crippen MR) is 53.3 cm³/mol. The lowest BCUT2D eigenvalue weighted by molar-refractivity contribution is -0.151. The molecule has 6 heteroatoms. The topological polar surface area (TPSA) is 84.2 Å². The van der Waals surface area contributed by atoms with Crippen LogP contribution in [0.4, 0.5) is 5.82 Å². The summed E-state index contributed by atoms with van der Waals surface area (Å²) in [6, 6.07) is 1.59. The smallest absolute Gasteiger partial charge is 0.318 e. The highest BCUT2D eigenvalue weighted by Gasteiger charge is 2.36. The van der Waals surface area contributed by atoms with Crippen molar-refractivity contribution in [2.45, 2.75) is 13.8 Å². The predicted octanol–water partition coefficient (Wildman–Crippen LogP) is 0.469. The van der Waals surface area contributed by atoms with E-state index in [-0.39, 0.29) is 0 Å². The van der Waals surface area contributed by atoms with Gasteiger partial charge in [0, 0.05) is 19.3 Å². The molecule has 0 radical (unpaired) electrons. The maximum absolute atomic E-state index is 11.5. The molecule has 2 N–H and O–H groups in total. The van der Waals surface area contributed by atoms with Gasteiger partial charge in [-0.2, -0.15) is 5.10 Å². The Morgan fingerprint density at radius 3 is 2.53 bits per heavy atom. The van der Waals surface area contributed by atoms with Crippen molar-refractivity contribution in [3.05, 3.63) is 12.3 Å². The van der Waals surface area contributed by atoms with Crippen LogP contribution in [0, 0.1) is 5.41 Å². The third-order valence-corrected chi connectivity index (χ3v) is 2.06. The highest BCUT2D eigenvalue weighted by molar-refractivity contribution is 6.07. The quantitative estimate of drug-likeness (QED) is 0.712. The number of aryl methyl sites for hydroxylation is 1. The summed E-state index contributed by atoms with van der Waals surface area (Å²) in [4.78, 5) is 22.3. The van der Waals surface area contributed by atoms with Crippen LogP contribution in [-0.4, -0.2) is 26.8 Å². The summed E-state index contributed by atoms with van der Waals surface area (Å²) in [7, 11) is 1.71. The largest absolute Gasteiger partial charge is 0.480 e. The zero-order valence-electron chi connectivity index (χ0n) is 8.81. The van der Waals surface area contributed by atoms with Crippen LogP contribution in [0.1, 0.15) is 13.8 Å². The van der Waals surface area contributed by atoms with Gasteiger partial charge in [0.2, 0.25) is 5.91 Å². The summed E-state index contributed by atoms with van der Waals surface area (Å²) in [5.41, 5.74) is -1.46. The minimum atomic E-state index is -1.46. The molecule has 1 aromatic rings. The summed E-state index contributed by atoms with van der Waals surface area (Å²) in [6.07, 6.45) is 1.66. The SMILES string of the molecule is Cn1ccc(NC(=O)C(C)(C)C(=O)O)n1. The molecule has 1 heterocycles. The summed E-state index contributed by atoms with van der Waals surface area (Å²) < 4.78 is 1.52. The molecule has 0 aliphatic carbocycles. The van der Waals surface area contributed by atoms with Crippen molar-refractivity contribution in [1.29, 1.82) is 0 Å². The number of amides is 1. The molecule has 0 unspecified atom stereocenters. The van der Waals surface area contributed by atoms with Gasteiger partial charge in [0.05, 0.1) is 0 Å². The average Bonchev–Trinajstić information content (AvgIpc) is 2.50. The minimum absolute atomic E-state index is 0.344. The third kappa shape index (κ3) is 2.34. The second-order valence-electron chi connectivity index (χ2n) is 3.76. The van der Waals surface area contributed by atoms with Crippen LogP contribution < -0.4 is 5.32 Å². The van der Waals surface area contributed by atoms with Crippen molar-refractivity contribution in [2.24, 2.45) is 12.5 Å². The van der Waals surface area contributed by atoms with Crippen LogP contribution in [0.15, 0.2) is 12.3 Å². The Bertz CT molecular complexity index is 395. The number of hydrogen-bond donors (Lipinski definition) is 2. The molecule has 0 bridgehead atoms. The zero-order valence-corrected chi connectivity index (χ0v) is 8.81. The molecule has 0 atom stereocenters. The van der Waals surface area contributed by atoms with E-state index in [1.807, 2.05) is 0 Å². The first-order valence-electron chi connectivity index (χ1n) is 4.38. The van der Waals surface area contributed by atoms with Crippen LogP contribution in [0.5, 0.6) is 0 Å². The Hall–Kier alpha value is -1.85. The highest BCUT2D eigenvalue weighted by atomic mass is 16.4. The van der Waals surface area contributed by atoms with Crippen molar-refractivity contribution in [2.75, 3.05) is 5.32 Å². The van der Waals surface area contributed by atoms with Crippen molar-refractivity contribution in [3.8, 4) is 0 Å². The van der Waals surface area contributed by atoms with E-state index in [1.54, 1.807) is 19.3 Å². The normalized spacial score (nSPS) is 11.1. The number of anilines is 1. The number of aromatic nitrogens is 2. The van der Waals surface area contributed by atoms with Gasteiger partial charge in [0.15, 0.2) is 5.82 Å². The van der Waals surface area contributed by atoms with Crippen LogP contribution in [0.25, 0.3) is 0 Å². The van der Waals surface area contributed by atoms with Gasteiger partial charge >= 0.3 is 5.97 Å². The van der Waals surface area contributed by atoms with Gasteiger partial charge in [-0.3, -0.25) is 14.3 Å². The Kier molecular flexibility index (Phi) is 2.78. The second-order valence-corrected chi connectivity index (χ2v) is 3.76. The van der Waals surface area contributed by atoms with Crippen LogP contribution in [0.2, 0.25) is 0 Å². The van der Waals surface area contributed by atoms with Gasteiger partial charge in [0.1, 0.15) is 5.41 Å². The van der Waals surface area contributed by atoms with E-state index in [2.05, 4.69) is 10.4 Å². The molecule has 0 aliphatic rings. The number of carbonyl (C=O) groups excluding carboxylic acids is 1. The van der Waals surface area contributed by atoms with E-state index < -0.39 is 17.3 Å². The molecule has 0 fully saturated rings.